The number of hydrogen-bond acceptors (Lipinski definition) is 6. The molecule has 1 aromatic heterocycles. The fourth-order valence-electron chi connectivity index (χ4n) is 1.85. The third kappa shape index (κ3) is 3.56. The molecule has 2 heterocycles. The predicted octanol–water partition coefficient (Wildman–Crippen LogP) is -0.449. The number of rotatable bonds is 5. The lowest BCUT2D eigenvalue weighted by molar-refractivity contribution is -0.134. The Morgan fingerprint density at radius 1 is 1.33 bits per heavy atom. The molecule has 1 aliphatic heterocycles. The standard InChI is InChI=1S/C12H16N4O4S/c1-2-4-13-10-6-9(3-5-14-10)21(19,20)16-7-11(17)15-12(18)8-16/h3,5-6H,2,4,7-8H2,1H3,(H,13,14)(H,15,17,18). The minimum Gasteiger partial charge on any atom is -0.370 e. The Morgan fingerprint density at radius 3 is 2.62 bits per heavy atom. The van der Waals surface area contributed by atoms with Crippen LogP contribution in [0.1, 0.15) is 13.3 Å². The zero-order valence-electron chi connectivity index (χ0n) is 11.5. The van der Waals surface area contributed by atoms with E-state index in [9.17, 15) is 18.0 Å². The summed E-state index contributed by atoms with van der Waals surface area (Å²) in [7, 11) is -3.90. The second-order valence-corrected chi connectivity index (χ2v) is 6.49. The number of imide groups is 1. The van der Waals surface area contributed by atoms with Gasteiger partial charge in [0.2, 0.25) is 21.8 Å². The number of nitrogens with zero attached hydrogens (tertiary/aromatic N) is 2. The van der Waals surface area contributed by atoms with E-state index in [-0.39, 0.29) is 18.0 Å². The van der Waals surface area contributed by atoms with Gasteiger partial charge >= 0.3 is 0 Å². The quantitative estimate of drug-likeness (QED) is 0.713. The summed E-state index contributed by atoms with van der Waals surface area (Å²) < 4.78 is 25.7. The van der Waals surface area contributed by atoms with E-state index in [0.29, 0.717) is 12.4 Å². The van der Waals surface area contributed by atoms with E-state index < -0.39 is 21.8 Å². The summed E-state index contributed by atoms with van der Waals surface area (Å²) in [5.74, 6) is -0.827. The SMILES string of the molecule is CCCNc1cc(S(=O)(=O)N2CC(=O)NC(=O)C2)ccn1. The van der Waals surface area contributed by atoms with Crippen molar-refractivity contribution in [1.29, 1.82) is 0 Å². The van der Waals surface area contributed by atoms with Gasteiger partial charge in [-0.2, -0.15) is 4.31 Å². The molecule has 0 aliphatic carbocycles. The van der Waals surface area contributed by atoms with Crippen molar-refractivity contribution < 1.29 is 18.0 Å². The third-order valence-electron chi connectivity index (χ3n) is 2.84. The lowest BCUT2D eigenvalue weighted by atomic mass is 10.4. The van der Waals surface area contributed by atoms with E-state index >= 15 is 0 Å². The summed E-state index contributed by atoms with van der Waals surface area (Å²) >= 11 is 0. The molecule has 8 nitrogen and oxygen atoms in total. The largest absolute Gasteiger partial charge is 0.370 e. The van der Waals surface area contributed by atoms with Crippen LogP contribution in [0.5, 0.6) is 0 Å². The molecule has 0 unspecified atom stereocenters. The summed E-state index contributed by atoms with van der Waals surface area (Å²) in [6, 6.07) is 2.73. The number of anilines is 1. The summed E-state index contributed by atoms with van der Waals surface area (Å²) in [6.07, 6.45) is 2.25. The minimum absolute atomic E-state index is 0.00129. The summed E-state index contributed by atoms with van der Waals surface area (Å²) in [4.78, 5) is 26.6. The van der Waals surface area contributed by atoms with Crippen molar-refractivity contribution in [3.05, 3.63) is 18.3 Å². The van der Waals surface area contributed by atoms with E-state index in [0.717, 1.165) is 10.7 Å². The molecule has 2 N–H and O–H groups in total. The number of pyridine rings is 1. The van der Waals surface area contributed by atoms with Crippen LogP contribution in [0.3, 0.4) is 0 Å². The molecule has 0 radical (unpaired) electrons. The number of aromatic nitrogens is 1. The predicted molar refractivity (Wildman–Crippen MR) is 74.9 cm³/mol. The molecular weight excluding hydrogens is 296 g/mol. The summed E-state index contributed by atoms with van der Waals surface area (Å²) in [5, 5.41) is 5.05. The molecule has 0 bridgehead atoms. The van der Waals surface area contributed by atoms with Gasteiger partial charge in [-0.25, -0.2) is 13.4 Å². The smallest absolute Gasteiger partial charge is 0.244 e. The Morgan fingerprint density at radius 2 is 2.00 bits per heavy atom. The van der Waals surface area contributed by atoms with Crippen LogP contribution < -0.4 is 10.6 Å². The highest BCUT2D eigenvalue weighted by Gasteiger charge is 2.33. The van der Waals surface area contributed by atoms with E-state index in [2.05, 4.69) is 15.6 Å². The summed E-state index contributed by atoms with van der Waals surface area (Å²) in [5.41, 5.74) is 0. The first kappa shape index (κ1) is 15.4. The molecule has 2 amide bonds. The van der Waals surface area contributed by atoms with Gasteiger partial charge in [0.25, 0.3) is 0 Å². The molecule has 0 aromatic carbocycles. The highest BCUT2D eigenvalue weighted by Crippen LogP contribution is 2.18. The molecular formula is C12H16N4O4S. The number of carbonyl (C=O) groups is 2. The highest BCUT2D eigenvalue weighted by molar-refractivity contribution is 7.89. The molecule has 1 fully saturated rings. The molecule has 0 atom stereocenters. The van der Waals surface area contributed by atoms with Crippen LogP contribution in [-0.2, 0) is 19.6 Å². The van der Waals surface area contributed by atoms with Crippen LogP contribution in [0.15, 0.2) is 23.2 Å². The lowest BCUT2D eigenvalue weighted by Crippen LogP contribution is -2.53. The first-order chi connectivity index (χ1) is 9.93. The maximum absolute atomic E-state index is 12.4. The normalized spacial score (nSPS) is 16.6. The Balaban J connectivity index is 2.26. The molecule has 2 rings (SSSR count). The molecule has 1 saturated heterocycles. The van der Waals surface area contributed by atoms with Gasteiger partial charge in [-0.05, 0) is 12.5 Å². The van der Waals surface area contributed by atoms with E-state index in [4.69, 9.17) is 0 Å². The van der Waals surface area contributed by atoms with Gasteiger partial charge < -0.3 is 5.32 Å². The molecule has 0 spiro atoms. The average molecular weight is 312 g/mol. The Labute approximate surface area is 122 Å². The van der Waals surface area contributed by atoms with Gasteiger partial charge in [0, 0.05) is 18.8 Å². The maximum Gasteiger partial charge on any atom is 0.244 e. The van der Waals surface area contributed by atoms with Gasteiger partial charge in [-0.1, -0.05) is 6.92 Å². The first-order valence-electron chi connectivity index (χ1n) is 6.46. The van der Waals surface area contributed by atoms with Crippen LogP contribution in [-0.4, -0.2) is 49.2 Å². The molecule has 1 aliphatic rings. The molecule has 0 saturated carbocycles. The zero-order valence-corrected chi connectivity index (χ0v) is 12.3. The Kier molecular flexibility index (Phi) is 4.53. The lowest BCUT2D eigenvalue weighted by Gasteiger charge is -2.24. The fraction of sp³-hybridized carbons (Fsp3) is 0.417. The topological polar surface area (TPSA) is 108 Å². The van der Waals surface area contributed by atoms with E-state index in [1.54, 1.807) is 0 Å². The van der Waals surface area contributed by atoms with Crippen LogP contribution in [0, 0.1) is 0 Å². The van der Waals surface area contributed by atoms with Crippen LogP contribution in [0.25, 0.3) is 0 Å². The number of sulfonamides is 1. The second kappa shape index (κ2) is 6.19. The minimum atomic E-state index is -3.90. The van der Waals surface area contributed by atoms with Crippen molar-refractivity contribution in [3.8, 4) is 0 Å². The van der Waals surface area contributed by atoms with Gasteiger partial charge in [0.15, 0.2) is 0 Å². The maximum atomic E-state index is 12.4. The average Bonchev–Trinajstić information content (AvgIpc) is 2.44. The number of piperazine rings is 1. The number of nitrogens with one attached hydrogen (secondary N) is 2. The van der Waals surface area contributed by atoms with Crippen molar-refractivity contribution in [1.82, 2.24) is 14.6 Å². The fourth-order valence-corrected chi connectivity index (χ4v) is 3.22. The number of hydrogen-bond donors (Lipinski definition) is 2. The molecule has 1 aromatic rings. The number of amides is 2. The van der Waals surface area contributed by atoms with Crippen molar-refractivity contribution in [3.63, 3.8) is 0 Å². The Bertz CT molecular complexity index is 643. The molecule has 114 valence electrons. The van der Waals surface area contributed by atoms with Gasteiger partial charge in [-0.3, -0.25) is 14.9 Å². The summed E-state index contributed by atoms with van der Waals surface area (Å²) in [6.45, 7) is 1.91. The molecule has 9 heteroatoms. The van der Waals surface area contributed by atoms with Crippen molar-refractivity contribution in [2.24, 2.45) is 0 Å². The van der Waals surface area contributed by atoms with Crippen LogP contribution >= 0.6 is 0 Å². The highest BCUT2D eigenvalue weighted by atomic mass is 32.2. The zero-order chi connectivity index (χ0) is 15.5. The Hall–Kier alpha value is -2.00. The third-order valence-corrected chi connectivity index (χ3v) is 4.63. The van der Waals surface area contributed by atoms with E-state index in [1.165, 1.54) is 18.3 Å². The van der Waals surface area contributed by atoms with Gasteiger partial charge in [0.05, 0.1) is 18.0 Å². The monoisotopic (exact) mass is 312 g/mol. The van der Waals surface area contributed by atoms with Gasteiger partial charge in [-0.15, -0.1) is 0 Å². The molecule has 21 heavy (non-hydrogen) atoms. The number of carbonyl (C=O) groups excluding carboxylic acids is 2. The van der Waals surface area contributed by atoms with Crippen molar-refractivity contribution in [2.75, 3.05) is 25.0 Å². The second-order valence-electron chi connectivity index (χ2n) is 4.55. The first-order valence-corrected chi connectivity index (χ1v) is 7.90. The van der Waals surface area contributed by atoms with Crippen molar-refractivity contribution in [2.45, 2.75) is 18.2 Å². The van der Waals surface area contributed by atoms with Crippen molar-refractivity contribution >= 4 is 27.7 Å². The van der Waals surface area contributed by atoms with Crippen LogP contribution in [0.2, 0.25) is 0 Å². The van der Waals surface area contributed by atoms with Crippen LogP contribution in [0.4, 0.5) is 5.82 Å². The van der Waals surface area contributed by atoms with E-state index in [1.807, 2.05) is 6.92 Å². The van der Waals surface area contributed by atoms with Gasteiger partial charge in [0.1, 0.15) is 5.82 Å².